The molecule has 0 spiro atoms. The summed E-state index contributed by atoms with van der Waals surface area (Å²) in [5.41, 5.74) is 2.61. The van der Waals surface area contributed by atoms with Gasteiger partial charge in [0.05, 0.1) is 11.0 Å². The van der Waals surface area contributed by atoms with Crippen LogP contribution >= 0.6 is 11.3 Å². The molecule has 1 aliphatic rings. The average molecular weight is 507 g/mol. The predicted molar refractivity (Wildman–Crippen MR) is 141 cm³/mol. The maximum Gasteiger partial charge on any atom is 0.223 e. The van der Waals surface area contributed by atoms with Gasteiger partial charge < -0.3 is 14.6 Å². The van der Waals surface area contributed by atoms with Crippen molar-refractivity contribution in [2.24, 2.45) is 0 Å². The fourth-order valence-electron chi connectivity index (χ4n) is 4.71. The Labute approximate surface area is 214 Å². The summed E-state index contributed by atoms with van der Waals surface area (Å²) in [6.45, 7) is 3.18. The molecule has 0 atom stereocenters. The lowest BCUT2D eigenvalue weighted by molar-refractivity contribution is -0.132. The minimum Gasteiger partial charge on any atom is -0.490 e. The molecule has 0 unspecified atom stereocenters. The first-order chi connectivity index (χ1) is 17.5. The monoisotopic (exact) mass is 506 g/mol. The van der Waals surface area contributed by atoms with Gasteiger partial charge in [0.1, 0.15) is 23.5 Å². The van der Waals surface area contributed by atoms with Crippen molar-refractivity contribution in [3.63, 3.8) is 0 Å². The van der Waals surface area contributed by atoms with Gasteiger partial charge in [-0.25, -0.2) is 9.37 Å². The van der Waals surface area contributed by atoms with Gasteiger partial charge in [-0.2, -0.15) is 0 Å². The summed E-state index contributed by atoms with van der Waals surface area (Å²) < 4.78 is 19.7. The molecule has 2 aromatic heterocycles. The van der Waals surface area contributed by atoms with Crippen LogP contribution in [0, 0.1) is 5.82 Å². The van der Waals surface area contributed by atoms with Crippen LogP contribution in [0.15, 0.2) is 60.0 Å². The SMILES string of the molecule is CN(Cc1cccc(OC2CCN(C(=O)CCc3nc4ccc(F)cc4[nH]3)CC2)c1)Cc1cccs1. The number of halogens is 1. The first kappa shape index (κ1) is 24.5. The zero-order chi connectivity index (χ0) is 24.9. The normalized spacial score (nSPS) is 14.6. The highest BCUT2D eigenvalue weighted by molar-refractivity contribution is 7.09. The Bertz CT molecular complexity index is 1300. The Morgan fingerprint density at radius 1 is 1.17 bits per heavy atom. The highest BCUT2D eigenvalue weighted by Gasteiger charge is 2.24. The standard InChI is InChI=1S/C28H31FN4O2S/c1-32(19-24-6-3-15-36-24)18-20-4-2-5-23(16-20)35-22-11-13-33(14-12-22)28(34)10-9-27-30-25-8-7-21(29)17-26(25)31-27/h2-8,15-17,22H,9-14,18-19H2,1H3,(H,30,31). The number of fused-ring (bicyclic) bond motifs is 1. The molecule has 1 fully saturated rings. The van der Waals surface area contributed by atoms with Crippen molar-refractivity contribution < 1.29 is 13.9 Å². The summed E-state index contributed by atoms with van der Waals surface area (Å²) in [5.74, 6) is 1.43. The summed E-state index contributed by atoms with van der Waals surface area (Å²) in [7, 11) is 2.13. The van der Waals surface area contributed by atoms with Gasteiger partial charge >= 0.3 is 0 Å². The average Bonchev–Trinajstić information content (AvgIpc) is 3.52. The van der Waals surface area contributed by atoms with Crippen molar-refractivity contribution in [1.29, 1.82) is 0 Å². The third-order valence-electron chi connectivity index (χ3n) is 6.52. The third kappa shape index (κ3) is 6.30. The molecule has 1 N–H and O–H groups in total. The Kier molecular flexibility index (Phi) is 7.63. The molecule has 0 saturated carbocycles. The van der Waals surface area contributed by atoms with E-state index in [0.29, 0.717) is 37.3 Å². The van der Waals surface area contributed by atoms with Crippen LogP contribution in [0.2, 0.25) is 0 Å². The fourth-order valence-corrected chi connectivity index (χ4v) is 5.49. The van der Waals surface area contributed by atoms with Crippen LogP contribution in [0.1, 0.15) is 35.5 Å². The zero-order valence-electron chi connectivity index (χ0n) is 20.5. The van der Waals surface area contributed by atoms with Gasteiger partial charge in [0.2, 0.25) is 5.91 Å². The highest BCUT2D eigenvalue weighted by Crippen LogP contribution is 2.22. The lowest BCUT2D eigenvalue weighted by Gasteiger charge is -2.32. The van der Waals surface area contributed by atoms with E-state index in [1.165, 1.54) is 22.6 Å². The molecular weight excluding hydrogens is 475 g/mol. The second kappa shape index (κ2) is 11.2. The van der Waals surface area contributed by atoms with Gasteiger partial charge in [0.25, 0.3) is 0 Å². The molecule has 0 aliphatic carbocycles. The van der Waals surface area contributed by atoms with Gasteiger partial charge in [0.15, 0.2) is 0 Å². The summed E-state index contributed by atoms with van der Waals surface area (Å²) in [6.07, 6.45) is 2.64. The predicted octanol–water partition coefficient (Wildman–Crippen LogP) is 5.40. The lowest BCUT2D eigenvalue weighted by atomic mass is 10.1. The summed E-state index contributed by atoms with van der Waals surface area (Å²) in [4.78, 5) is 25.9. The zero-order valence-corrected chi connectivity index (χ0v) is 21.3. The van der Waals surface area contributed by atoms with E-state index in [0.717, 1.165) is 37.2 Å². The first-order valence-electron chi connectivity index (χ1n) is 12.4. The number of piperidine rings is 1. The number of carbonyl (C=O) groups is 1. The maximum atomic E-state index is 13.4. The van der Waals surface area contributed by atoms with Gasteiger partial charge in [-0.1, -0.05) is 18.2 Å². The van der Waals surface area contributed by atoms with E-state index in [1.807, 2.05) is 11.0 Å². The van der Waals surface area contributed by atoms with Gasteiger partial charge in [0, 0.05) is 56.7 Å². The minimum atomic E-state index is -0.299. The molecule has 1 aliphatic heterocycles. The molecule has 1 amide bonds. The number of aromatic nitrogens is 2. The number of likely N-dealkylation sites (tertiary alicyclic amines) is 1. The first-order valence-corrected chi connectivity index (χ1v) is 13.3. The Morgan fingerprint density at radius 3 is 2.83 bits per heavy atom. The number of amides is 1. The number of nitrogens with zero attached hydrogens (tertiary/aromatic N) is 3. The van der Waals surface area contributed by atoms with Crippen molar-refractivity contribution in [1.82, 2.24) is 19.8 Å². The second-order valence-electron chi connectivity index (χ2n) is 9.44. The quantitative estimate of drug-likeness (QED) is 0.330. The number of rotatable bonds is 9. The smallest absolute Gasteiger partial charge is 0.223 e. The molecule has 3 heterocycles. The van der Waals surface area contributed by atoms with Gasteiger partial charge in [-0.3, -0.25) is 9.69 Å². The number of carbonyl (C=O) groups excluding carboxylic acids is 1. The molecule has 2 aromatic carbocycles. The van der Waals surface area contributed by atoms with Crippen molar-refractivity contribution in [3.05, 3.63) is 82.1 Å². The van der Waals surface area contributed by atoms with E-state index in [9.17, 15) is 9.18 Å². The van der Waals surface area contributed by atoms with E-state index >= 15 is 0 Å². The van der Waals surface area contributed by atoms with Crippen LogP contribution in [0.25, 0.3) is 11.0 Å². The summed E-state index contributed by atoms with van der Waals surface area (Å²) in [6, 6.07) is 17.1. The number of H-pyrrole nitrogens is 1. The van der Waals surface area contributed by atoms with Crippen LogP contribution < -0.4 is 4.74 Å². The largest absolute Gasteiger partial charge is 0.490 e. The number of thiophene rings is 1. The number of aryl methyl sites for hydroxylation is 1. The number of aromatic amines is 1. The maximum absolute atomic E-state index is 13.4. The summed E-state index contributed by atoms with van der Waals surface area (Å²) in [5, 5.41) is 2.11. The molecular formula is C28H31FN4O2S. The van der Waals surface area contributed by atoms with E-state index in [1.54, 1.807) is 17.4 Å². The number of nitrogens with one attached hydrogen (secondary N) is 1. The molecule has 4 aromatic rings. The summed E-state index contributed by atoms with van der Waals surface area (Å²) >= 11 is 1.78. The molecule has 5 rings (SSSR count). The fraction of sp³-hybridized carbons (Fsp3) is 0.357. The van der Waals surface area contributed by atoms with Crippen molar-refractivity contribution in [2.75, 3.05) is 20.1 Å². The Hall–Kier alpha value is -3.23. The minimum absolute atomic E-state index is 0.110. The molecule has 0 bridgehead atoms. The number of benzene rings is 2. The number of hydrogen-bond donors (Lipinski definition) is 1. The van der Waals surface area contributed by atoms with Crippen LogP contribution in [0.3, 0.4) is 0 Å². The highest BCUT2D eigenvalue weighted by atomic mass is 32.1. The van der Waals surface area contributed by atoms with Crippen LogP contribution in [-0.4, -0.2) is 51.9 Å². The molecule has 36 heavy (non-hydrogen) atoms. The van der Waals surface area contributed by atoms with Crippen molar-refractivity contribution in [2.45, 2.75) is 44.9 Å². The van der Waals surface area contributed by atoms with Crippen LogP contribution in [0.5, 0.6) is 5.75 Å². The van der Waals surface area contributed by atoms with E-state index in [-0.39, 0.29) is 17.8 Å². The third-order valence-corrected chi connectivity index (χ3v) is 7.38. The van der Waals surface area contributed by atoms with Gasteiger partial charge in [-0.15, -0.1) is 11.3 Å². The van der Waals surface area contributed by atoms with Crippen molar-refractivity contribution in [3.8, 4) is 5.75 Å². The second-order valence-corrected chi connectivity index (χ2v) is 10.5. The lowest BCUT2D eigenvalue weighted by Crippen LogP contribution is -2.41. The van der Waals surface area contributed by atoms with Crippen LogP contribution in [-0.2, 0) is 24.3 Å². The van der Waals surface area contributed by atoms with Crippen LogP contribution in [0.4, 0.5) is 4.39 Å². The van der Waals surface area contributed by atoms with E-state index in [2.05, 4.69) is 57.6 Å². The Morgan fingerprint density at radius 2 is 2.03 bits per heavy atom. The molecule has 1 saturated heterocycles. The topological polar surface area (TPSA) is 61.5 Å². The number of hydrogen-bond acceptors (Lipinski definition) is 5. The van der Waals surface area contributed by atoms with Crippen molar-refractivity contribution >= 4 is 28.3 Å². The number of ether oxygens (including phenoxy) is 1. The molecule has 188 valence electrons. The van der Waals surface area contributed by atoms with Gasteiger partial charge in [-0.05, 0) is 54.4 Å². The molecule has 0 radical (unpaired) electrons. The molecule has 6 nitrogen and oxygen atoms in total. The van der Waals surface area contributed by atoms with E-state index < -0.39 is 0 Å². The van der Waals surface area contributed by atoms with E-state index in [4.69, 9.17) is 4.74 Å². The Balaban J connectivity index is 1.07. The molecule has 8 heteroatoms. The number of imidazole rings is 1.